The predicted octanol–water partition coefficient (Wildman–Crippen LogP) is 1.55. The third-order valence-electron chi connectivity index (χ3n) is 3.75. The Hall–Kier alpha value is -1.30. The van der Waals surface area contributed by atoms with Crippen molar-refractivity contribution in [3.8, 4) is 11.5 Å². The number of methoxy groups -OCH3 is 1. The van der Waals surface area contributed by atoms with E-state index in [0.29, 0.717) is 13.2 Å². The van der Waals surface area contributed by atoms with E-state index >= 15 is 0 Å². The SMILES string of the molecule is COc1ccc(OCC(O)CN2CCOCC2(C)C)cc1. The first-order chi connectivity index (χ1) is 10.0. The molecule has 1 N–H and O–H groups in total. The summed E-state index contributed by atoms with van der Waals surface area (Å²) in [5.41, 5.74) is -0.0423. The number of aliphatic hydroxyl groups is 1. The standard InChI is InChI=1S/C16H25NO4/c1-16(2)12-20-9-8-17(16)10-13(18)11-21-15-6-4-14(19-3)5-7-15/h4-7,13,18H,8-12H2,1-3H3. The van der Waals surface area contributed by atoms with Crippen molar-refractivity contribution in [2.45, 2.75) is 25.5 Å². The van der Waals surface area contributed by atoms with Gasteiger partial charge >= 0.3 is 0 Å². The van der Waals surface area contributed by atoms with Crippen LogP contribution >= 0.6 is 0 Å². The quantitative estimate of drug-likeness (QED) is 0.863. The Bertz CT molecular complexity index is 432. The summed E-state index contributed by atoms with van der Waals surface area (Å²) in [6.45, 7) is 7.37. The smallest absolute Gasteiger partial charge is 0.119 e. The highest BCUT2D eigenvalue weighted by Crippen LogP contribution is 2.20. The molecule has 0 radical (unpaired) electrons. The van der Waals surface area contributed by atoms with E-state index in [1.54, 1.807) is 7.11 Å². The summed E-state index contributed by atoms with van der Waals surface area (Å²) in [5.74, 6) is 1.52. The van der Waals surface area contributed by atoms with E-state index in [1.165, 1.54) is 0 Å². The summed E-state index contributed by atoms with van der Waals surface area (Å²) in [4.78, 5) is 2.25. The van der Waals surface area contributed by atoms with Crippen LogP contribution in [0, 0.1) is 0 Å². The molecule has 0 aromatic heterocycles. The zero-order valence-electron chi connectivity index (χ0n) is 13.0. The maximum Gasteiger partial charge on any atom is 0.119 e. The van der Waals surface area contributed by atoms with Crippen LogP contribution in [-0.2, 0) is 4.74 Å². The molecule has 0 saturated carbocycles. The Morgan fingerprint density at radius 3 is 2.57 bits per heavy atom. The van der Waals surface area contributed by atoms with Gasteiger partial charge in [0.2, 0.25) is 0 Å². The molecule has 5 nitrogen and oxygen atoms in total. The summed E-state index contributed by atoms with van der Waals surface area (Å²) in [5, 5.41) is 10.2. The highest BCUT2D eigenvalue weighted by Gasteiger charge is 2.31. The Labute approximate surface area is 126 Å². The Balaban J connectivity index is 1.79. The lowest BCUT2D eigenvalue weighted by molar-refractivity contribution is -0.0703. The lowest BCUT2D eigenvalue weighted by Gasteiger charge is -2.42. The number of β-amino-alcohol motifs (C(OH)–C–C–N with tert-alkyl or cyclic N) is 1. The van der Waals surface area contributed by atoms with Crippen LogP contribution in [0.2, 0.25) is 0 Å². The molecule has 1 heterocycles. The predicted molar refractivity (Wildman–Crippen MR) is 81.0 cm³/mol. The number of morpholine rings is 1. The Morgan fingerprint density at radius 2 is 1.95 bits per heavy atom. The summed E-state index contributed by atoms with van der Waals surface area (Å²) in [7, 11) is 1.63. The van der Waals surface area contributed by atoms with Gasteiger partial charge in [-0.2, -0.15) is 0 Å². The van der Waals surface area contributed by atoms with Crippen LogP contribution in [0.25, 0.3) is 0 Å². The molecule has 1 aromatic carbocycles. The van der Waals surface area contributed by atoms with Gasteiger partial charge in [-0.15, -0.1) is 0 Å². The number of rotatable bonds is 6. The summed E-state index contributed by atoms with van der Waals surface area (Å²) in [6, 6.07) is 7.36. The third kappa shape index (κ3) is 4.59. The van der Waals surface area contributed by atoms with Crippen molar-refractivity contribution >= 4 is 0 Å². The lowest BCUT2D eigenvalue weighted by Crippen LogP contribution is -2.55. The number of hydrogen-bond acceptors (Lipinski definition) is 5. The fourth-order valence-electron chi connectivity index (χ4n) is 2.40. The zero-order chi connectivity index (χ0) is 15.3. The van der Waals surface area contributed by atoms with E-state index in [9.17, 15) is 5.11 Å². The van der Waals surface area contributed by atoms with Crippen LogP contribution < -0.4 is 9.47 Å². The molecule has 118 valence electrons. The summed E-state index contributed by atoms with van der Waals surface area (Å²) < 4.78 is 16.2. The van der Waals surface area contributed by atoms with Crippen molar-refractivity contribution < 1.29 is 19.3 Å². The van der Waals surface area contributed by atoms with Crippen molar-refractivity contribution in [2.24, 2.45) is 0 Å². The minimum Gasteiger partial charge on any atom is -0.497 e. The van der Waals surface area contributed by atoms with Crippen LogP contribution in [0.4, 0.5) is 0 Å². The van der Waals surface area contributed by atoms with E-state index in [1.807, 2.05) is 24.3 Å². The maximum absolute atomic E-state index is 10.2. The molecule has 0 aliphatic carbocycles. The van der Waals surface area contributed by atoms with Crippen LogP contribution in [0.5, 0.6) is 11.5 Å². The molecule has 1 aromatic rings. The van der Waals surface area contributed by atoms with Crippen molar-refractivity contribution in [2.75, 3.05) is 40.0 Å². The number of nitrogens with zero attached hydrogens (tertiary/aromatic N) is 1. The van der Waals surface area contributed by atoms with E-state index in [0.717, 1.165) is 24.7 Å². The van der Waals surface area contributed by atoms with Crippen LogP contribution in [0.3, 0.4) is 0 Å². The Morgan fingerprint density at radius 1 is 1.29 bits per heavy atom. The molecule has 21 heavy (non-hydrogen) atoms. The molecule has 1 unspecified atom stereocenters. The van der Waals surface area contributed by atoms with Gasteiger partial charge < -0.3 is 19.3 Å². The second-order valence-electron chi connectivity index (χ2n) is 5.95. The molecule has 2 rings (SSSR count). The van der Waals surface area contributed by atoms with Gasteiger partial charge in [0.1, 0.15) is 24.2 Å². The third-order valence-corrected chi connectivity index (χ3v) is 3.75. The Kier molecular flexibility index (Phi) is 5.45. The fourth-order valence-corrected chi connectivity index (χ4v) is 2.40. The van der Waals surface area contributed by atoms with Gasteiger partial charge in [0, 0.05) is 18.6 Å². The zero-order valence-corrected chi connectivity index (χ0v) is 13.0. The van der Waals surface area contributed by atoms with Crippen LogP contribution in [-0.4, -0.2) is 61.7 Å². The molecule has 5 heteroatoms. The van der Waals surface area contributed by atoms with E-state index in [2.05, 4.69) is 18.7 Å². The molecular weight excluding hydrogens is 270 g/mol. The number of ether oxygens (including phenoxy) is 3. The van der Waals surface area contributed by atoms with Gasteiger partial charge in [0.05, 0.1) is 20.3 Å². The first kappa shape index (κ1) is 16.1. The van der Waals surface area contributed by atoms with E-state index in [-0.39, 0.29) is 12.1 Å². The van der Waals surface area contributed by atoms with Crippen molar-refractivity contribution in [1.82, 2.24) is 4.90 Å². The van der Waals surface area contributed by atoms with E-state index < -0.39 is 6.10 Å². The first-order valence-corrected chi connectivity index (χ1v) is 7.29. The molecule has 1 atom stereocenters. The molecule has 1 fully saturated rings. The monoisotopic (exact) mass is 295 g/mol. The topological polar surface area (TPSA) is 51.2 Å². The van der Waals surface area contributed by atoms with Gasteiger partial charge in [0.15, 0.2) is 0 Å². The second kappa shape index (κ2) is 7.11. The molecule has 0 spiro atoms. The highest BCUT2D eigenvalue weighted by molar-refractivity contribution is 5.31. The van der Waals surface area contributed by atoms with Gasteiger partial charge in [0.25, 0.3) is 0 Å². The lowest BCUT2D eigenvalue weighted by atomic mass is 10.0. The van der Waals surface area contributed by atoms with Crippen LogP contribution in [0.1, 0.15) is 13.8 Å². The average molecular weight is 295 g/mol. The fraction of sp³-hybridized carbons (Fsp3) is 0.625. The first-order valence-electron chi connectivity index (χ1n) is 7.29. The van der Waals surface area contributed by atoms with E-state index in [4.69, 9.17) is 14.2 Å². The highest BCUT2D eigenvalue weighted by atomic mass is 16.5. The number of aliphatic hydroxyl groups excluding tert-OH is 1. The molecule has 0 amide bonds. The maximum atomic E-state index is 10.2. The van der Waals surface area contributed by atoms with Crippen molar-refractivity contribution in [3.05, 3.63) is 24.3 Å². The minimum absolute atomic E-state index is 0.0423. The van der Waals surface area contributed by atoms with Crippen molar-refractivity contribution in [1.29, 1.82) is 0 Å². The summed E-state index contributed by atoms with van der Waals surface area (Å²) >= 11 is 0. The molecule has 1 aliphatic rings. The number of hydrogen-bond donors (Lipinski definition) is 1. The van der Waals surface area contributed by atoms with Gasteiger partial charge in [-0.05, 0) is 38.1 Å². The molecule has 1 aliphatic heterocycles. The number of benzene rings is 1. The summed E-state index contributed by atoms with van der Waals surface area (Å²) in [6.07, 6.45) is -0.524. The molecular formula is C16H25NO4. The van der Waals surface area contributed by atoms with Gasteiger partial charge in [-0.1, -0.05) is 0 Å². The minimum atomic E-state index is -0.524. The van der Waals surface area contributed by atoms with Gasteiger partial charge in [-0.25, -0.2) is 0 Å². The van der Waals surface area contributed by atoms with Gasteiger partial charge in [-0.3, -0.25) is 4.90 Å². The normalized spacial score (nSPS) is 20.0. The van der Waals surface area contributed by atoms with Crippen LogP contribution in [0.15, 0.2) is 24.3 Å². The second-order valence-corrected chi connectivity index (χ2v) is 5.95. The molecule has 1 saturated heterocycles. The van der Waals surface area contributed by atoms with Crippen molar-refractivity contribution in [3.63, 3.8) is 0 Å². The average Bonchev–Trinajstić information content (AvgIpc) is 2.48. The molecule has 0 bridgehead atoms. The largest absolute Gasteiger partial charge is 0.497 e.